The summed E-state index contributed by atoms with van der Waals surface area (Å²) in [5.41, 5.74) is 0.922. The van der Waals surface area contributed by atoms with Crippen LogP contribution in [0.3, 0.4) is 0 Å². The van der Waals surface area contributed by atoms with Gasteiger partial charge < -0.3 is 14.9 Å². The molecule has 0 unspecified atom stereocenters. The van der Waals surface area contributed by atoms with Crippen LogP contribution in [0.1, 0.15) is 36.5 Å². The van der Waals surface area contributed by atoms with Gasteiger partial charge in [-0.3, -0.25) is 4.79 Å². The van der Waals surface area contributed by atoms with E-state index in [1.54, 1.807) is 17.0 Å². The van der Waals surface area contributed by atoms with Crippen molar-refractivity contribution in [2.75, 3.05) is 37.7 Å². The molecule has 21 heavy (non-hydrogen) atoms. The first-order chi connectivity index (χ1) is 10.2. The summed E-state index contributed by atoms with van der Waals surface area (Å²) in [6.07, 6.45) is 2.97. The molecule has 0 atom stereocenters. The van der Waals surface area contributed by atoms with Gasteiger partial charge in [-0.1, -0.05) is 6.92 Å². The number of halogens is 1. The molecule has 2 rings (SSSR count). The molecular formula is C16H23FN2O2. The van der Waals surface area contributed by atoms with Gasteiger partial charge in [0.1, 0.15) is 5.82 Å². The third-order valence-electron chi connectivity index (χ3n) is 3.79. The molecule has 1 N–H and O–H groups in total. The zero-order valence-corrected chi connectivity index (χ0v) is 12.5. The Morgan fingerprint density at radius 1 is 1.33 bits per heavy atom. The topological polar surface area (TPSA) is 43.8 Å². The summed E-state index contributed by atoms with van der Waals surface area (Å²) in [5, 5.41) is 9.03. The Hall–Kier alpha value is -1.62. The van der Waals surface area contributed by atoms with E-state index in [9.17, 15) is 9.18 Å². The van der Waals surface area contributed by atoms with E-state index in [-0.39, 0.29) is 24.9 Å². The molecule has 116 valence electrons. The quantitative estimate of drug-likeness (QED) is 0.875. The minimum Gasteiger partial charge on any atom is -0.395 e. The average Bonchev–Trinajstić information content (AvgIpc) is 3.00. The van der Waals surface area contributed by atoms with Crippen LogP contribution in [-0.2, 0) is 0 Å². The van der Waals surface area contributed by atoms with E-state index in [4.69, 9.17) is 5.11 Å². The van der Waals surface area contributed by atoms with Crippen LogP contribution in [0.25, 0.3) is 0 Å². The van der Waals surface area contributed by atoms with Gasteiger partial charge in [-0.25, -0.2) is 4.39 Å². The fourth-order valence-electron chi connectivity index (χ4n) is 2.74. The standard InChI is InChI=1S/C16H23FN2O2/c1-2-7-19(10-11-20)16(21)13-5-6-15(14(17)12-13)18-8-3-4-9-18/h5-6,12,20H,2-4,7-11H2,1H3. The Morgan fingerprint density at radius 3 is 2.62 bits per heavy atom. The van der Waals surface area contributed by atoms with Crippen molar-refractivity contribution >= 4 is 11.6 Å². The number of aliphatic hydroxyl groups excluding tert-OH is 1. The van der Waals surface area contributed by atoms with E-state index in [1.807, 2.05) is 11.8 Å². The van der Waals surface area contributed by atoms with Gasteiger partial charge in [0.05, 0.1) is 12.3 Å². The average molecular weight is 294 g/mol. The van der Waals surface area contributed by atoms with Crippen molar-refractivity contribution in [2.24, 2.45) is 0 Å². The molecule has 0 radical (unpaired) electrons. The Bertz CT molecular complexity index is 481. The number of nitrogens with zero attached hydrogens (tertiary/aromatic N) is 2. The Morgan fingerprint density at radius 2 is 2.05 bits per heavy atom. The third-order valence-corrected chi connectivity index (χ3v) is 3.79. The van der Waals surface area contributed by atoms with Crippen molar-refractivity contribution in [1.82, 2.24) is 4.90 Å². The van der Waals surface area contributed by atoms with E-state index in [1.165, 1.54) is 6.07 Å². The molecule has 1 aliphatic heterocycles. The van der Waals surface area contributed by atoms with Crippen molar-refractivity contribution in [2.45, 2.75) is 26.2 Å². The second-order valence-corrected chi connectivity index (χ2v) is 5.38. The summed E-state index contributed by atoms with van der Waals surface area (Å²) in [5.74, 6) is -0.569. The van der Waals surface area contributed by atoms with Crippen molar-refractivity contribution in [3.8, 4) is 0 Å². The number of hydrogen-bond donors (Lipinski definition) is 1. The molecule has 0 spiro atoms. The number of aliphatic hydroxyl groups is 1. The third kappa shape index (κ3) is 3.73. The first-order valence-corrected chi connectivity index (χ1v) is 7.62. The molecule has 1 heterocycles. The van der Waals surface area contributed by atoms with Gasteiger partial charge in [0, 0.05) is 31.7 Å². The van der Waals surface area contributed by atoms with E-state index in [0.717, 1.165) is 32.4 Å². The largest absolute Gasteiger partial charge is 0.395 e. The number of hydrogen-bond acceptors (Lipinski definition) is 3. The predicted octanol–water partition coefficient (Wildman–Crippen LogP) is 2.27. The molecule has 0 saturated carbocycles. The number of carbonyl (C=O) groups is 1. The van der Waals surface area contributed by atoms with Crippen molar-refractivity contribution in [3.63, 3.8) is 0 Å². The zero-order valence-electron chi connectivity index (χ0n) is 12.5. The molecule has 1 amide bonds. The van der Waals surface area contributed by atoms with E-state index < -0.39 is 0 Å². The minimum absolute atomic E-state index is 0.0833. The highest BCUT2D eigenvalue weighted by Gasteiger charge is 2.19. The highest BCUT2D eigenvalue weighted by atomic mass is 19.1. The zero-order chi connectivity index (χ0) is 15.2. The summed E-state index contributed by atoms with van der Waals surface area (Å²) < 4.78 is 14.2. The highest BCUT2D eigenvalue weighted by molar-refractivity contribution is 5.94. The Kier molecular flexibility index (Phi) is 5.56. The fraction of sp³-hybridized carbons (Fsp3) is 0.562. The normalized spacial score (nSPS) is 14.5. The van der Waals surface area contributed by atoms with Crippen LogP contribution in [0.5, 0.6) is 0 Å². The molecule has 1 fully saturated rings. The highest BCUT2D eigenvalue weighted by Crippen LogP contribution is 2.24. The summed E-state index contributed by atoms with van der Waals surface area (Å²) in [4.78, 5) is 15.9. The number of rotatable bonds is 6. The van der Waals surface area contributed by atoms with Crippen LogP contribution < -0.4 is 4.90 Å². The van der Waals surface area contributed by atoms with Crippen LogP contribution in [0.4, 0.5) is 10.1 Å². The Balaban J connectivity index is 2.16. The lowest BCUT2D eigenvalue weighted by Gasteiger charge is -2.22. The second-order valence-electron chi connectivity index (χ2n) is 5.38. The first kappa shape index (κ1) is 15.8. The molecule has 1 saturated heterocycles. The maximum absolute atomic E-state index is 14.2. The molecule has 1 aliphatic rings. The van der Waals surface area contributed by atoms with Gasteiger partial charge in [-0.05, 0) is 37.5 Å². The number of carbonyl (C=O) groups excluding carboxylic acids is 1. The predicted molar refractivity (Wildman–Crippen MR) is 81.1 cm³/mol. The van der Waals surface area contributed by atoms with Crippen LogP contribution in [0, 0.1) is 5.82 Å². The molecule has 0 aliphatic carbocycles. The van der Waals surface area contributed by atoms with E-state index in [2.05, 4.69) is 0 Å². The minimum atomic E-state index is -0.344. The molecule has 1 aromatic carbocycles. The monoisotopic (exact) mass is 294 g/mol. The van der Waals surface area contributed by atoms with Gasteiger partial charge in [0.15, 0.2) is 0 Å². The van der Waals surface area contributed by atoms with Crippen LogP contribution in [0.15, 0.2) is 18.2 Å². The fourth-order valence-corrected chi connectivity index (χ4v) is 2.74. The van der Waals surface area contributed by atoms with Gasteiger partial charge in [0.25, 0.3) is 5.91 Å². The molecule has 0 aromatic heterocycles. The summed E-state index contributed by atoms with van der Waals surface area (Å²) in [7, 11) is 0. The van der Waals surface area contributed by atoms with Crippen LogP contribution >= 0.6 is 0 Å². The maximum atomic E-state index is 14.2. The molecule has 5 heteroatoms. The molecular weight excluding hydrogens is 271 g/mol. The number of amides is 1. The van der Waals surface area contributed by atoms with E-state index >= 15 is 0 Å². The number of anilines is 1. The maximum Gasteiger partial charge on any atom is 0.254 e. The molecule has 0 bridgehead atoms. The van der Waals surface area contributed by atoms with Crippen LogP contribution in [-0.4, -0.2) is 48.7 Å². The molecule has 1 aromatic rings. The summed E-state index contributed by atoms with van der Waals surface area (Å²) in [6.45, 7) is 4.47. The van der Waals surface area contributed by atoms with Crippen LogP contribution in [0.2, 0.25) is 0 Å². The summed E-state index contributed by atoms with van der Waals surface area (Å²) in [6, 6.07) is 4.69. The lowest BCUT2D eigenvalue weighted by molar-refractivity contribution is 0.0721. The lowest BCUT2D eigenvalue weighted by Crippen LogP contribution is -2.34. The first-order valence-electron chi connectivity index (χ1n) is 7.62. The molecule has 4 nitrogen and oxygen atoms in total. The van der Waals surface area contributed by atoms with E-state index in [0.29, 0.717) is 17.8 Å². The second kappa shape index (κ2) is 7.41. The van der Waals surface area contributed by atoms with Crippen molar-refractivity contribution in [3.05, 3.63) is 29.6 Å². The lowest BCUT2D eigenvalue weighted by atomic mass is 10.1. The van der Waals surface area contributed by atoms with Gasteiger partial charge in [-0.15, -0.1) is 0 Å². The number of benzene rings is 1. The summed E-state index contributed by atoms with van der Waals surface area (Å²) >= 11 is 0. The smallest absolute Gasteiger partial charge is 0.254 e. The SMILES string of the molecule is CCCN(CCO)C(=O)c1ccc(N2CCCC2)c(F)c1. The van der Waals surface area contributed by atoms with Crippen molar-refractivity contribution < 1.29 is 14.3 Å². The van der Waals surface area contributed by atoms with Gasteiger partial charge in [0.2, 0.25) is 0 Å². The van der Waals surface area contributed by atoms with Gasteiger partial charge >= 0.3 is 0 Å². The van der Waals surface area contributed by atoms with Crippen molar-refractivity contribution in [1.29, 1.82) is 0 Å². The Labute approximate surface area is 125 Å². The van der Waals surface area contributed by atoms with Gasteiger partial charge in [-0.2, -0.15) is 0 Å².